The van der Waals surface area contributed by atoms with Gasteiger partial charge in [-0.2, -0.15) is 11.5 Å². The van der Waals surface area contributed by atoms with E-state index in [1.807, 2.05) is 60.7 Å². The predicted octanol–water partition coefficient (Wildman–Crippen LogP) is 2.81. The highest BCUT2D eigenvalue weighted by atomic mass is 35.6. The summed E-state index contributed by atoms with van der Waals surface area (Å²) in [6.45, 7) is 0.453. The Kier molecular flexibility index (Phi) is 5.11. The molecular formula is C18H16BCl2NSi. The van der Waals surface area contributed by atoms with Gasteiger partial charge in [-0.05, 0) is 21.9 Å². The van der Waals surface area contributed by atoms with Crippen molar-refractivity contribution in [2.75, 3.05) is 4.98 Å². The summed E-state index contributed by atoms with van der Waals surface area (Å²) in [4.78, 5) is 3.63. The van der Waals surface area contributed by atoms with Crippen molar-refractivity contribution in [3.05, 3.63) is 84.9 Å². The first-order valence-corrected chi connectivity index (χ1v) is 11.0. The van der Waals surface area contributed by atoms with Crippen molar-refractivity contribution in [2.45, 2.75) is 0 Å². The molecule has 114 valence electrons. The van der Waals surface area contributed by atoms with Gasteiger partial charge in [0.25, 0.3) is 6.69 Å². The van der Waals surface area contributed by atoms with E-state index in [-0.39, 0.29) is 0 Å². The molecule has 0 aromatic heterocycles. The van der Waals surface area contributed by atoms with E-state index in [1.54, 1.807) is 0 Å². The molecule has 3 aromatic carbocycles. The van der Waals surface area contributed by atoms with Crippen molar-refractivity contribution in [3.8, 4) is 0 Å². The smallest absolute Gasteiger partial charge is 0.317 e. The minimum Gasteiger partial charge on any atom is -0.392 e. The molecule has 1 N–H and O–H groups in total. The molecule has 0 heterocycles. The number of para-hydroxylation sites is 1. The van der Waals surface area contributed by atoms with Gasteiger partial charge in [-0.1, -0.05) is 78.9 Å². The molecule has 0 saturated carbocycles. The average Bonchev–Trinajstić information content (AvgIpc) is 2.63. The van der Waals surface area contributed by atoms with Crippen LogP contribution in [0, 0.1) is 0 Å². The van der Waals surface area contributed by atoms with E-state index in [0.29, 0.717) is 6.69 Å². The predicted molar refractivity (Wildman–Crippen MR) is 106 cm³/mol. The molecule has 3 rings (SSSR count). The molecule has 3 aromatic rings. The number of hydrogen-bond acceptors (Lipinski definition) is 1. The molecule has 0 aliphatic rings. The third-order valence-electron chi connectivity index (χ3n) is 3.81. The van der Waals surface area contributed by atoms with Gasteiger partial charge >= 0.3 is 7.55 Å². The fourth-order valence-electron chi connectivity index (χ4n) is 2.59. The van der Waals surface area contributed by atoms with Crippen LogP contribution in [0.3, 0.4) is 0 Å². The van der Waals surface area contributed by atoms with Crippen LogP contribution >= 0.6 is 22.5 Å². The zero-order chi connectivity index (χ0) is 16.1. The van der Waals surface area contributed by atoms with E-state index in [0.717, 1.165) is 21.5 Å². The summed E-state index contributed by atoms with van der Waals surface area (Å²) in [5.41, 5.74) is 2.05. The molecule has 0 amide bonds. The molecular weight excluding hydrogens is 340 g/mol. The number of hydrogen-bond donors (Lipinski definition) is 1. The lowest BCUT2D eigenvalue weighted by atomic mass is 9.93. The summed E-state index contributed by atoms with van der Waals surface area (Å²) >= 11 is 13.3. The molecule has 5 heteroatoms. The molecule has 0 spiro atoms. The number of anilines is 1. The van der Waals surface area contributed by atoms with Crippen LogP contribution in [-0.4, -0.2) is 14.2 Å². The minimum absolute atomic E-state index is 0.453. The van der Waals surface area contributed by atoms with Gasteiger partial charge in [0.2, 0.25) is 0 Å². The van der Waals surface area contributed by atoms with Gasteiger partial charge in [0.15, 0.2) is 0 Å². The van der Waals surface area contributed by atoms with Gasteiger partial charge in [0.1, 0.15) is 0 Å². The highest BCUT2D eigenvalue weighted by Crippen LogP contribution is 2.15. The summed E-state index contributed by atoms with van der Waals surface area (Å²) in [6.07, 6.45) is 0. The molecule has 0 bridgehead atoms. The number of rotatable bonds is 5. The van der Waals surface area contributed by atoms with Crippen LogP contribution in [0.4, 0.5) is 5.69 Å². The lowest BCUT2D eigenvalue weighted by Crippen LogP contribution is -2.60. The molecule has 1 nitrogen and oxygen atoms in total. The molecule has 0 aliphatic heterocycles. The van der Waals surface area contributed by atoms with Gasteiger partial charge < -0.3 is 4.98 Å². The van der Waals surface area contributed by atoms with Gasteiger partial charge in [-0.15, -0.1) is 11.1 Å². The maximum atomic E-state index is 7.24. The molecule has 0 aliphatic carbocycles. The Labute approximate surface area is 148 Å². The van der Waals surface area contributed by atoms with E-state index >= 15 is 0 Å². The van der Waals surface area contributed by atoms with Crippen LogP contribution in [0.2, 0.25) is 0 Å². The largest absolute Gasteiger partial charge is 0.392 e. The highest BCUT2D eigenvalue weighted by molar-refractivity contribution is 7.35. The van der Waals surface area contributed by atoms with E-state index in [4.69, 9.17) is 22.5 Å². The zero-order valence-electron chi connectivity index (χ0n) is 12.5. The molecule has 0 saturated heterocycles. The first-order valence-electron chi connectivity index (χ1n) is 7.46. The Morgan fingerprint density at radius 3 is 1.70 bits per heavy atom. The summed E-state index contributed by atoms with van der Waals surface area (Å²) < 4.78 is 0. The fraction of sp³-hybridized carbons (Fsp3) is 0. The summed E-state index contributed by atoms with van der Waals surface area (Å²) in [7, 11) is -2.63. The summed E-state index contributed by atoms with van der Waals surface area (Å²) in [6, 6.07) is 28.5. The maximum absolute atomic E-state index is 7.24. The van der Waals surface area contributed by atoms with Crippen molar-refractivity contribution in [3.63, 3.8) is 0 Å². The molecule has 23 heavy (non-hydrogen) atoms. The van der Waals surface area contributed by atoms with Crippen molar-refractivity contribution in [1.82, 2.24) is 0 Å². The second-order valence-corrected chi connectivity index (χ2v) is 10.00. The lowest BCUT2D eigenvalue weighted by molar-refractivity contribution is 1.66. The van der Waals surface area contributed by atoms with Crippen LogP contribution in [0.15, 0.2) is 84.9 Å². The maximum Gasteiger partial charge on any atom is 0.317 e. The Hall–Kier alpha value is -1.68. The Bertz CT molecular complexity index is 729. The first-order chi connectivity index (χ1) is 11.2. The van der Waals surface area contributed by atoms with Crippen molar-refractivity contribution >= 4 is 58.3 Å². The SMILES string of the molecule is ClBc1ccccc1N[Si](Cl)(c1ccccc1)c1ccccc1. The van der Waals surface area contributed by atoms with Gasteiger partial charge in [0, 0.05) is 5.69 Å². The molecule has 0 fully saturated rings. The highest BCUT2D eigenvalue weighted by Gasteiger charge is 2.36. The standard InChI is InChI=1S/C18H16BCl2NSi/c20-19-17-13-7-8-14-18(17)22-23(21,15-9-3-1-4-10-15)16-11-5-2-6-12-16/h1-14,19,22H. The number of benzene rings is 3. The Balaban J connectivity index is 2.10. The van der Waals surface area contributed by atoms with Gasteiger partial charge in [-0.25, -0.2) is 0 Å². The first kappa shape index (κ1) is 16.2. The van der Waals surface area contributed by atoms with Gasteiger partial charge in [0.05, 0.1) is 0 Å². The van der Waals surface area contributed by atoms with Crippen LogP contribution < -0.4 is 20.8 Å². The number of nitrogens with one attached hydrogen (secondary N) is 1. The molecule has 0 atom stereocenters. The quantitative estimate of drug-likeness (QED) is 0.548. The fourth-order valence-corrected chi connectivity index (χ4v) is 6.43. The van der Waals surface area contributed by atoms with E-state index in [2.05, 4.69) is 29.2 Å². The third kappa shape index (κ3) is 3.47. The van der Waals surface area contributed by atoms with Crippen LogP contribution in [-0.2, 0) is 0 Å². The van der Waals surface area contributed by atoms with E-state index in [9.17, 15) is 0 Å². The Morgan fingerprint density at radius 2 is 1.17 bits per heavy atom. The second-order valence-electron chi connectivity index (χ2n) is 5.31. The Morgan fingerprint density at radius 1 is 0.696 bits per heavy atom. The van der Waals surface area contributed by atoms with E-state index < -0.39 is 7.55 Å². The van der Waals surface area contributed by atoms with E-state index in [1.165, 1.54) is 0 Å². The molecule has 0 unspecified atom stereocenters. The number of halogens is 2. The lowest BCUT2D eigenvalue weighted by Gasteiger charge is -2.28. The monoisotopic (exact) mass is 355 g/mol. The van der Waals surface area contributed by atoms with Crippen molar-refractivity contribution in [1.29, 1.82) is 0 Å². The minimum atomic E-state index is -2.63. The summed E-state index contributed by atoms with van der Waals surface area (Å²) in [5, 5.41) is 2.24. The molecule has 0 radical (unpaired) electrons. The zero-order valence-corrected chi connectivity index (χ0v) is 15.1. The van der Waals surface area contributed by atoms with Crippen molar-refractivity contribution < 1.29 is 0 Å². The second kappa shape index (κ2) is 7.26. The average molecular weight is 356 g/mol. The van der Waals surface area contributed by atoms with Crippen LogP contribution in [0.5, 0.6) is 0 Å². The van der Waals surface area contributed by atoms with Crippen molar-refractivity contribution in [2.24, 2.45) is 0 Å². The van der Waals surface area contributed by atoms with Crippen LogP contribution in [0.1, 0.15) is 0 Å². The summed E-state index contributed by atoms with van der Waals surface area (Å²) in [5.74, 6) is 0. The third-order valence-corrected chi connectivity index (χ3v) is 8.56. The normalized spacial score (nSPS) is 11.0. The van der Waals surface area contributed by atoms with Crippen LogP contribution in [0.25, 0.3) is 0 Å². The van der Waals surface area contributed by atoms with Gasteiger partial charge in [-0.3, -0.25) is 0 Å². The topological polar surface area (TPSA) is 12.0 Å².